The molecule has 3 rings (SSSR count). The number of amides is 1. The Morgan fingerprint density at radius 2 is 1.95 bits per heavy atom. The summed E-state index contributed by atoms with van der Waals surface area (Å²) in [5.41, 5.74) is 2.26. The summed E-state index contributed by atoms with van der Waals surface area (Å²) >= 11 is 0. The van der Waals surface area contributed by atoms with Gasteiger partial charge in [0.2, 0.25) is 5.91 Å². The van der Waals surface area contributed by atoms with Crippen LogP contribution in [0.5, 0.6) is 0 Å². The predicted octanol–water partition coefficient (Wildman–Crippen LogP) is 3.53. The van der Waals surface area contributed by atoms with E-state index in [0.717, 1.165) is 30.0 Å². The monoisotopic (exact) mass is 286 g/mol. The number of benzene rings is 1. The smallest absolute Gasteiger partial charge is 0.227 e. The summed E-state index contributed by atoms with van der Waals surface area (Å²) in [6.45, 7) is 6.71. The molecule has 0 radical (unpaired) electrons. The van der Waals surface area contributed by atoms with Crippen molar-refractivity contribution < 1.29 is 4.79 Å². The predicted molar refractivity (Wildman–Crippen MR) is 86.4 cm³/mol. The Morgan fingerprint density at radius 1 is 1.19 bits per heavy atom. The van der Waals surface area contributed by atoms with Gasteiger partial charge in [-0.2, -0.15) is 0 Å². The average Bonchev–Trinajstić information content (AvgIpc) is 2.78. The zero-order valence-corrected chi connectivity index (χ0v) is 13.2. The van der Waals surface area contributed by atoms with Crippen LogP contribution in [0.4, 0.5) is 5.69 Å². The summed E-state index contributed by atoms with van der Waals surface area (Å²) < 4.78 is 0. The van der Waals surface area contributed by atoms with Crippen molar-refractivity contribution in [3.63, 3.8) is 0 Å². The molecule has 1 aromatic rings. The maximum atomic E-state index is 12.8. The molecule has 2 N–H and O–H groups in total. The molecule has 1 amide bonds. The molecule has 1 fully saturated rings. The van der Waals surface area contributed by atoms with Crippen molar-refractivity contribution in [3.05, 3.63) is 29.8 Å². The minimum atomic E-state index is -0.0134. The molecule has 0 bridgehead atoms. The third-order valence-corrected chi connectivity index (χ3v) is 5.44. The number of hydrogen-bond acceptors (Lipinski definition) is 2. The molecule has 114 valence electrons. The van der Waals surface area contributed by atoms with E-state index in [1.54, 1.807) is 0 Å². The highest BCUT2D eigenvalue weighted by atomic mass is 16.2. The van der Waals surface area contributed by atoms with Gasteiger partial charge < -0.3 is 10.6 Å². The Bertz CT molecular complexity index is 528. The summed E-state index contributed by atoms with van der Waals surface area (Å²) in [6, 6.07) is 8.90. The molecule has 3 heteroatoms. The lowest BCUT2D eigenvalue weighted by atomic mass is 9.86. The average molecular weight is 286 g/mol. The fourth-order valence-corrected chi connectivity index (χ4v) is 3.84. The van der Waals surface area contributed by atoms with Gasteiger partial charge in [-0.3, -0.25) is 4.79 Å². The zero-order valence-electron chi connectivity index (χ0n) is 13.2. The van der Waals surface area contributed by atoms with Crippen molar-refractivity contribution in [2.75, 3.05) is 5.32 Å². The Hall–Kier alpha value is -1.51. The van der Waals surface area contributed by atoms with Gasteiger partial charge in [0.25, 0.3) is 0 Å². The first-order valence-corrected chi connectivity index (χ1v) is 8.22. The summed E-state index contributed by atoms with van der Waals surface area (Å²) in [4.78, 5) is 12.8. The van der Waals surface area contributed by atoms with Gasteiger partial charge in [-0.05, 0) is 49.7 Å². The minimum absolute atomic E-state index is 0.0134. The molecule has 5 unspecified atom stereocenters. The van der Waals surface area contributed by atoms with Crippen LogP contribution in [-0.4, -0.2) is 18.0 Å². The number of para-hydroxylation sites is 1. The van der Waals surface area contributed by atoms with Gasteiger partial charge in [0.05, 0.1) is 5.92 Å². The van der Waals surface area contributed by atoms with E-state index in [1.165, 1.54) is 6.42 Å². The molecule has 21 heavy (non-hydrogen) atoms. The highest BCUT2D eigenvalue weighted by Gasteiger charge is 2.35. The van der Waals surface area contributed by atoms with Gasteiger partial charge in [-0.1, -0.05) is 32.0 Å². The third kappa shape index (κ3) is 2.78. The first-order chi connectivity index (χ1) is 10.1. The molecule has 1 heterocycles. The van der Waals surface area contributed by atoms with Gasteiger partial charge in [-0.15, -0.1) is 0 Å². The summed E-state index contributed by atoms with van der Waals surface area (Å²) in [5.74, 6) is 1.50. The van der Waals surface area contributed by atoms with E-state index >= 15 is 0 Å². The lowest BCUT2D eigenvalue weighted by molar-refractivity contribution is -0.123. The van der Waals surface area contributed by atoms with Gasteiger partial charge >= 0.3 is 0 Å². The van der Waals surface area contributed by atoms with Crippen LogP contribution in [0, 0.1) is 11.8 Å². The second-order valence-electron chi connectivity index (χ2n) is 6.95. The maximum Gasteiger partial charge on any atom is 0.227 e. The van der Waals surface area contributed by atoms with Crippen LogP contribution in [0.25, 0.3) is 0 Å². The molecular weight excluding hydrogens is 260 g/mol. The maximum absolute atomic E-state index is 12.8. The second kappa shape index (κ2) is 5.70. The zero-order chi connectivity index (χ0) is 15.0. The van der Waals surface area contributed by atoms with Gasteiger partial charge in [0.1, 0.15) is 0 Å². The van der Waals surface area contributed by atoms with Gasteiger partial charge in [0, 0.05) is 17.8 Å². The number of nitrogens with one attached hydrogen (secondary N) is 2. The molecule has 1 aromatic carbocycles. The molecule has 1 aliphatic heterocycles. The first kappa shape index (κ1) is 14.4. The third-order valence-electron chi connectivity index (χ3n) is 5.44. The first-order valence-electron chi connectivity index (χ1n) is 8.22. The van der Waals surface area contributed by atoms with Crippen LogP contribution in [0.2, 0.25) is 0 Å². The molecule has 0 saturated heterocycles. The molecular formula is C18H26N2O. The van der Waals surface area contributed by atoms with Crippen LogP contribution in [0.1, 0.15) is 51.5 Å². The number of anilines is 1. The number of carbonyl (C=O) groups is 1. The second-order valence-corrected chi connectivity index (χ2v) is 6.95. The van der Waals surface area contributed by atoms with Crippen molar-refractivity contribution in [1.82, 2.24) is 5.32 Å². The Morgan fingerprint density at radius 3 is 2.67 bits per heavy atom. The summed E-state index contributed by atoms with van der Waals surface area (Å²) in [5, 5.41) is 6.80. The van der Waals surface area contributed by atoms with Crippen molar-refractivity contribution in [2.24, 2.45) is 11.8 Å². The van der Waals surface area contributed by atoms with Crippen molar-refractivity contribution >= 4 is 11.6 Å². The fourth-order valence-electron chi connectivity index (χ4n) is 3.84. The lowest BCUT2D eigenvalue weighted by Crippen LogP contribution is -2.42. The minimum Gasteiger partial charge on any atom is -0.382 e. The topological polar surface area (TPSA) is 41.1 Å². The lowest BCUT2D eigenvalue weighted by Gasteiger charge is -2.32. The van der Waals surface area contributed by atoms with Crippen LogP contribution in [-0.2, 0) is 4.79 Å². The van der Waals surface area contributed by atoms with E-state index in [9.17, 15) is 4.79 Å². The number of hydrogen-bond donors (Lipinski definition) is 2. The molecule has 2 aliphatic rings. The largest absolute Gasteiger partial charge is 0.382 e. The van der Waals surface area contributed by atoms with E-state index in [2.05, 4.69) is 43.5 Å². The number of rotatable bonds is 2. The van der Waals surface area contributed by atoms with E-state index in [-0.39, 0.29) is 11.8 Å². The number of carbonyl (C=O) groups excluding carboxylic acids is 1. The highest BCUT2D eigenvalue weighted by molar-refractivity contribution is 5.86. The van der Waals surface area contributed by atoms with Crippen LogP contribution < -0.4 is 10.6 Å². The van der Waals surface area contributed by atoms with E-state index in [0.29, 0.717) is 18.0 Å². The van der Waals surface area contributed by atoms with Crippen LogP contribution >= 0.6 is 0 Å². The van der Waals surface area contributed by atoms with Gasteiger partial charge in [0.15, 0.2) is 0 Å². The van der Waals surface area contributed by atoms with E-state index < -0.39 is 0 Å². The normalized spacial score (nSPS) is 34.9. The molecule has 3 nitrogen and oxygen atoms in total. The Labute approximate surface area is 127 Å². The van der Waals surface area contributed by atoms with Crippen LogP contribution in [0.15, 0.2) is 24.3 Å². The summed E-state index contributed by atoms with van der Waals surface area (Å²) in [7, 11) is 0. The van der Waals surface area contributed by atoms with Crippen molar-refractivity contribution in [2.45, 2.75) is 58.0 Å². The molecule has 0 aromatic heterocycles. The Kier molecular flexibility index (Phi) is 3.92. The number of fused-ring (bicyclic) bond motifs is 1. The SMILES string of the molecule is CC1CC(C(=O)NC2CCC(C)C2C)c2ccccc2N1. The highest BCUT2D eigenvalue weighted by Crippen LogP contribution is 2.36. The van der Waals surface area contributed by atoms with Gasteiger partial charge in [-0.25, -0.2) is 0 Å². The standard InChI is InChI=1S/C18H26N2O/c1-11-8-9-16(13(11)3)20-18(21)15-10-12(2)19-17-7-5-4-6-14(15)17/h4-7,11-13,15-16,19H,8-10H2,1-3H3,(H,20,21). The quantitative estimate of drug-likeness (QED) is 0.873. The molecule has 0 spiro atoms. The van der Waals surface area contributed by atoms with Crippen molar-refractivity contribution in [1.29, 1.82) is 0 Å². The van der Waals surface area contributed by atoms with E-state index in [4.69, 9.17) is 0 Å². The molecule has 1 aliphatic carbocycles. The van der Waals surface area contributed by atoms with Crippen molar-refractivity contribution in [3.8, 4) is 0 Å². The Balaban J connectivity index is 1.76. The fraction of sp³-hybridized carbons (Fsp3) is 0.611. The summed E-state index contributed by atoms with van der Waals surface area (Å²) in [6.07, 6.45) is 3.22. The van der Waals surface area contributed by atoms with E-state index in [1.807, 2.05) is 12.1 Å². The van der Waals surface area contributed by atoms with Crippen LogP contribution in [0.3, 0.4) is 0 Å². The molecule has 5 atom stereocenters. The molecule has 1 saturated carbocycles.